The van der Waals surface area contributed by atoms with Gasteiger partial charge in [0.1, 0.15) is 0 Å². The molecule has 0 aliphatic carbocycles. The van der Waals surface area contributed by atoms with Crippen molar-refractivity contribution >= 4 is 0 Å². The van der Waals surface area contributed by atoms with Crippen LogP contribution in [-0.2, 0) is 4.74 Å². The first-order valence-corrected chi connectivity index (χ1v) is 7.64. The van der Waals surface area contributed by atoms with Crippen molar-refractivity contribution in [1.29, 1.82) is 0 Å². The molecular formula is C17H30N2O. The van der Waals surface area contributed by atoms with Gasteiger partial charge in [0.05, 0.1) is 0 Å². The van der Waals surface area contributed by atoms with Gasteiger partial charge in [0.25, 0.3) is 0 Å². The molecule has 1 aromatic carbocycles. The van der Waals surface area contributed by atoms with Crippen LogP contribution in [0.5, 0.6) is 0 Å². The van der Waals surface area contributed by atoms with E-state index in [-0.39, 0.29) is 0 Å². The predicted molar refractivity (Wildman–Crippen MR) is 86.2 cm³/mol. The highest BCUT2D eigenvalue weighted by atomic mass is 16.5. The fourth-order valence-electron chi connectivity index (χ4n) is 2.37. The van der Waals surface area contributed by atoms with Crippen LogP contribution < -0.4 is 5.32 Å². The topological polar surface area (TPSA) is 24.5 Å². The van der Waals surface area contributed by atoms with E-state index in [9.17, 15) is 0 Å². The molecule has 1 unspecified atom stereocenters. The zero-order valence-electron chi connectivity index (χ0n) is 13.5. The molecule has 0 amide bonds. The molecular weight excluding hydrogens is 248 g/mol. The average molecular weight is 278 g/mol. The van der Waals surface area contributed by atoms with Crippen LogP contribution in [0, 0.1) is 6.92 Å². The van der Waals surface area contributed by atoms with E-state index in [1.165, 1.54) is 11.1 Å². The van der Waals surface area contributed by atoms with Gasteiger partial charge in [-0.1, -0.05) is 36.8 Å². The summed E-state index contributed by atoms with van der Waals surface area (Å²) in [6, 6.07) is 9.33. The van der Waals surface area contributed by atoms with E-state index in [4.69, 9.17) is 4.74 Å². The summed E-state index contributed by atoms with van der Waals surface area (Å²) in [6.07, 6.45) is 2.24. The summed E-state index contributed by atoms with van der Waals surface area (Å²) < 4.78 is 5.10. The third kappa shape index (κ3) is 6.51. The Morgan fingerprint density at radius 3 is 2.50 bits per heavy atom. The number of methoxy groups -OCH3 is 1. The molecule has 0 saturated carbocycles. The number of nitrogens with one attached hydrogen (secondary N) is 1. The molecule has 3 nitrogen and oxygen atoms in total. The number of ether oxygens (including phenoxy) is 1. The van der Waals surface area contributed by atoms with Crippen molar-refractivity contribution in [3.05, 3.63) is 35.4 Å². The molecule has 0 spiro atoms. The molecule has 1 rings (SSSR count). The highest BCUT2D eigenvalue weighted by Gasteiger charge is 2.11. The Morgan fingerprint density at radius 2 is 1.90 bits per heavy atom. The maximum atomic E-state index is 5.10. The van der Waals surface area contributed by atoms with Crippen LogP contribution in [0.1, 0.15) is 36.9 Å². The summed E-state index contributed by atoms with van der Waals surface area (Å²) >= 11 is 0. The fourth-order valence-corrected chi connectivity index (χ4v) is 2.37. The molecule has 114 valence electrons. The van der Waals surface area contributed by atoms with Crippen molar-refractivity contribution in [2.24, 2.45) is 0 Å². The van der Waals surface area contributed by atoms with Crippen molar-refractivity contribution in [1.82, 2.24) is 10.2 Å². The van der Waals surface area contributed by atoms with Crippen molar-refractivity contribution < 1.29 is 4.74 Å². The lowest BCUT2D eigenvalue weighted by Gasteiger charge is -2.23. The maximum Gasteiger partial charge on any atom is 0.0474 e. The van der Waals surface area contributed by atoms with E-state index >= 15 is 0 Å². The molecule has 0 radical (unpaired) electrons. The van der Waals surface area contributed by atoms with E-state index in [1.54, 1.807) is 7.11 Å². The van der Waals surface area contributed by atoms with Gasteiger partial charge in [-0.25, -0.2) is 0 Å². The Morgan fingerprint density at radius 1 is 1.20 bits per heavy atom. The van der Waals surface area contributed by atoms with Crippen molar-refractivity contribution in [2.75, 3.05) is 40.4 Å². The van der Waals surface area contributed by atoms with Gasteiger partial charge >= 0.3 is 0 Å². The summed E-state index contributed by atoms with van der Waals surface area (Å²) in [6.45, 7) is 8.36. The molecule has 0 heterocycles. The van der Waals surface area contributed by atoms with Gasteiger partial charge in [0.2, 0.25) is 0 Å². The van der Waals surface area contributed by atoms with Crippen molar-refractivity contribution in [3.63, 3.8) is 0 Å². The normalized spacial score (nSPS) is 12.8. The lowest BCUT2D eigenvalue weighted by Crippen LogP contribution is -2.28. The van der Waals surface area contributed by atoms with Crippen molar-refractivity contribution in [3.8, 4) is 0 Å². The molecule has 1 aromatic rings. The van der Waals surface area contributed by atoms with Crippen LogP contribution in [0.15, 0.2) is 24.3 Å². The lowest BCUT2D eigenvalue weighted by atomic mass is 10.0. The molecule has 0 aliphatic rings. The number of hydrogen-bond acceptors (Lipinski definition) is 3. The predicted octanol–water partition coefficient (Wildman–Crippen LogP) is 3.00. The zero-order chi connectivity index (χ0) is 14.8. The van der Waals surface area contributed by atoms with E-state index in [0.717, 1.165) is 39.1 Å². The molecule has 0 aliphatic heterocycles. The Hall–Kier alpha value is -0.900. The van der Waals surface area contributed by atoms with Crippen LogP contribution >= 0.6 is 0 Å². The minimum absolute atomic E-state index is 0.450. The standard InChI is InChI=1S/C17H30N2O/c1-5-18-17(16-9-7-15(2)8-10-16)11-13-19(3)12-6-14-20-4/h7-10,17-18H,5-6,11-14H2,1-4H3. The highest BCUT2D eigenvalue weighted by molar-refractivity contribution is 5.24. The van der Waals surface area contributed by atoms with Gasteiger partial charge in [0.15, 0.2) is 0 Å². The van der Waals surface area contributed by atoms with Crippen molar-refractivity contribution in [2.45, 2.75) is 32.7 Å². The van der Waals surface area contributed by atoms with Gasteiger partial charge in [-0.15, -0.1) is 0 Å². The molecule has 0 saturated heterocycles. The van der Waals surface area contributed by atoms with E-state index in [0.29, 0.717) is 6.04 Å². The molecule has 0 fully saturated rings. The first-order valence-electron chi connectivity index (χ1n) is 7.64. The average Bonchev–Trinajstić information content (AvgIpc) is 2.45. The molecule has 1 N–H and O–H groups in total. The highest BCUT2D eigenvalue weighted by Crippen LogP contribution is 2.17. The minimum atomic E-state index is 0.450. The first kappa shape index (κ1) is 17.2. The van der Waals surface area contributed by atoms with Crippen LogP contribution in [-0.4, -0.2) is 45.3 Å². The Kier molecular flexibility index (Phi) is 8.51. The van der Waals surface area contributed by atoms with Gasteiger partial charge in [0, 0.05) is 26.3 Å². The zero-order valence-corrected chi connectivity index (χ0v) is 13.5. The van der Waals surface area contributed by atoms with Crippen LogP contribution in [0.25, 0.3) is 0 Å². The van der Waals surface area contributed by atoms with Gasteiger partial charge in [-0.05, 0) is 45.5 Å². The molecule has 3 heteroatoms. The first-order chi connectivity index (χ1) is 9.67. The van der Waals surface area contributed by atoms with Crippen LogP contribution in [0.2, 0.25) is 0 Å². The van der Waals surface area contributed by atoms with Crippen LogP contribution in [0.4, 0.5) is 0 Å². The molecule has 0 bridgehead atoms. The molecule has 0 aromatic heterocycles. The second-order valence-electron chi connectivity index (χ2n) is 5.46. The monoisotopic (exact) mass is 278 g/mol. The number of hydrogen-bond donors (Lipinski definition) is 1. The number of aryl methyl sites for hydroxylation is 1. The number of rotatable bonds is 10. The smallest absolute Gasteiger partial charge is 0.0474 e. The lowest BCUT2D eigenvalue weighted by molar-refractivity contribution is 0.178. The summed E-state index contributed by atoms with van der Waals surface area (Å²) in [4.78, 5) is 2.39. The van der Waals surface area contributed by atoms with Gasteiger partial charge in [-0.3, -0.25) is 0 Å². The van der Waals surface area contributed by atoms with Gasteiger partial charge in [-0.2, -0.15) is 0 Å². The van der Waals surface area contributed by atoms with Gasteiger partial charge < -0.3 is 15.0 Å². The number of benzene rings is 1. The third-order valence-corrected chi connectivity index (χ3v) is 3.62. The maximum absolute atomic E-state index is 5.10. The fraction of sp³-hybridized carbons (Fsp3) is 0.647. The second-order valence-corrected chi connectivity index (χ2v) is 5.46. The Balaban J connectivity index is 2.44. The van der Waals surface area contributed by atoms with Crippen LogP contribution in [0.3, 0.4) is 0 Å². The number of nitrogens with zero attached hydrogens (tertiary/aromatic N) is 1. The molecule has 20 heavy (non-hydrogen) atoms. The van der Waals surface area contributed by atoms with E-state index < -0.39 is 0 Å². The summed E-state index contributed by atoms with van der Waals surface area (Å²) in [5.41, 5.74) is 2.71. The third-order valence-electron chi connectivity index (χ3n) is 3.62. The summed E-state index contributed by atoms with van der Waals surface area (Å²) in [7, 11) is 3.95. The quantitative estimate of drug-likeness (QED) is 0.666. The van der Waals surface area contributed by atoms with E-state index in [1.807, 2.05) is 0 Å². The second kappa shape index (κ2) is 9.92. The SMILES string of the molecule is CCNC(CCN(C)CCCOC)c1ccc(C)cc1. The Bertz CT molecular complexity index is 351. The summed E-state index contributed by atoms with van der Waals surface area (Å²) in [5, 5.41) is 3.59. The summed E-state index contributed by atoms with van der Waals surface area (Å²) in [5.74, 6) is 0. The Labute approximate surface area is 124 Å². The minimum Gasteiger partial charge on any atom is -0.385 e. The largest absolute Gasteiger partial charge is 0.385 e. The molecule has 1 atom stereocenters. The van der Waals surface area contributed by atoms with E-state index in [2.05, 4.69) is 55.4 Å².